The fraction of sp³-hybridized carbons (Fsp3) is 0.185. The molecule has 0 fully saturated rings. The van der Waals surface area contributed by atoms with Crippen LogP contribution in [-0.4, -0.2) is 26.6 Å². The van der Waals surface area contributed by atoms with Crippen molar-refractivity contribution < 1.29 is 40.3 Å². The first kappa shape index (κ1) is 29.2. The van der Waals surface area contributed by atoms with Crippen molar-refractivity contribution in [3.05, 3.63) is 106 Å². The lowest BCUT2D eigenvalue weighted by atomic mass is 9.94. The van der Waals surface area contributed by atoms with Crippen LogP contribution in [0.2, 0.25) is 0 Å². The van der Waals surface area contributed by atoms with Crippen LogP contribution in [0.5, 0.6) is 0 Å². The quantitative estimate of drug-likeness (QED) is 0.245. The van der Waals surface area contributed by atoms with Gasteiger partial charge >= 0.3 is 0 Å². The van der Waals surface area contributed by atoms with Gasteiger partial charge in [0.15, 0.2) is 0 Å². The van der Waals surface area contributed by atoms with Gasteiger partial charge in [-0.25, -0.2) is 30.7 Å². The van der Waals surface area contributed by atoms with Gasteiger partial charge in [-0.3, -0.25) is 19.3 Å². The second kappa shape index (κ2) is 12.2. The summed E-state index contributed by atoms with van der Waals surface area (Å²) in [7, 11) is 0. The molecular formula is C27H20F7N5O2. The number of nitrogens with zero attached hydrogens (tertiary/aromatic N) is 3. The van der Waals surface area contributed by atoms with E-state index in [1.54, 1.807) is 0 Å². The van der Waals surface area contributed by atoms with E-state index in [1.165, 1.54) is 24.4 Å². The number of carbonyl (C=O) groups is 2. The molecule has 1 atom stereocenters. The highest BCUT2D eigenvalue weighted by Gasteiger charge is 2.26. The van der Waals surface area contributed by atoms with E-state index in [1.807, 2.05) is 0 Å². The van der Waals surface area contributed by atoms with E-state index in [9.17, 15) is 40.3 Å². The van der Waals surface area contributed by atoms with Crippen LogP contribution < -0.4 is 11.1 Å². The smallest absolute Gasteiger partial charge is 0.282 e. The molecule has 7 nitrogen and oxygen atoms in total. The van der Waals surface area contributed by atoms with E-state index in [0.717, 1.165) is 24.3 Å². The number of amides is 2. The summed E-state index contributed by atoms with van der Waals surface area (Å²) < 4.78 is 95.4. The first-order valence-electron chi connectivity index (χ1n) is 11.9. The minimum absolute atomic E-state index is 0.0775. The number of hydrogen-bond acceptors (Lipinski definition) is 4. The maximum atomic E-state index is 14.1. The van der Waals surface area contributed by atoms with Gasteiger partial charge in [0.25, 0.3) is 18.8 Å². The molecule has 0 saturated heterocycles. The Morgan fingerprint density at radius 2 is 1.63 bits per heavy atom. The summed E-state index contributed by atoms with van der Waals surface area (Å²) >= 11 is 0. The van der Waals surface area contributed by atoms with Gasteiger partial charge in [-0.1, -0.05) is 12.1 Å². The second-order valence-corrected chi connectivity index (χ2v) is 8.85. The van der Waals surface area contributed by atoms with Gasteiger partial charge in [0.1, 0.15) is 35.4 Å². The minimum Gasteiger partial charge on any atom is -0.366 e. The molecule has 214 valence electrons. The summed E-state index contributed by atoms with van der Waals surface area (Å²) in [6, 6.07) is 8.43. The molecule has 2 amide bonds. The van der Waals surface area contributed by atoms with E-state index >= 15 is 0 Å². The molecule has 0 spiro atoms. The number of aromatic nitrogens is 3. The van der Waals surface area contributed by atoms with Crippen molar-refractivity contribution in [1.29, 1.82) is 0 Å². The van der Waals surface area contributed by atoms with Crippen LogP contribution in [0.1, 0.15) is 51.9 Å². The van der Waals surface area contributed by atoms with E-state index < -0.39 is 71.7 Å². The van der Waals surface area contributed by atoms with Crippen molar-refractivity contribution >= 4 is 11.8 Å². The van der Waals surface area contributed by atoms with Gasteiger partial charge in [0, 0.05) is 17.8 Å². The number of benzene rings is 2. The number of alkyl halides is 4. The van der Waals surface area contributed by atoms with Crippen molar-refractivity contribution in [3.63, 3.8) is 0 Å². The van der Waals surface area contributed by atoms with Gasteiger partial charge < -0.3 is 11.1 Å². The number of halogens is 7. The summed E-state index contributed by atoms with van der Waals surface area (Å²) in [4.78, 5) is 29.0. The molecule has 0 bridgehead atoms. The molecule has 3 N–H and O–H groups in total. The molecular weight excluding hydrogens is 559 g/mol. The summed E-state index contributed by atoms with van der Waals surface area (Å²) in [6.07, 6.45) is -5.31. The number of pyridine rings is 1. The third-order valence-electron chi connectivity index (χ3n) is 5.98. The minimum atomic E-state index is -3.21. The van der Waals surface area contributed by atoms with Crippen molar-refractivity contribution in [1.82, 2.24) is 20.1 Å². The van der Waals surface area contributed by atoms with Crippen LogP contribution in [0.4, 0.5) is 30.7 Å². The van der Waals surface area contributed by atoms with Gasteiger partial charge in [-0.15, -0.1) is 0 Å². The normalized spacial score (nSPS) is 12.1. The Morgan fingerprint density at radius 1 is 0.927 bits per heavy atom. The van der Waals surface area contributed by atoms with Gasteiger partial charge in [0.2, 0.25) is 5.91 Å². The zero-order valence-corrected chi connectivity index (χ0v) is 20.8. The van der Waals surface area contributed by atoms with Crippen molar-refractivity contribution in [2.24, 2.45) is 5.73 Å². The zero-order valence-electron chi connectivity index (χ0n) is 20.8. The average molecular weight is 579 g/mol. The van der Waals surface area contributed by atoms with E-state index in [2.05, 4.69) is 15.4 Å². The molecule has 2 aromatic carbocycles. The SMILES string of the molecule is NC(=O)c1cc(-c2cccnc2C(Cc2cc(F)cc(F)c2)NC(=O)Cn2nc(C(F)F)cc2C(F)F)ccc1F. The third kappa shape index (κ3) is 6.88. The van der Waals surface area contributed by atoms with Crippen LogP contribution in [0.3, 0.4) is 0 Å². The lowest BCUT2D eigenvalue weighted by Crippen LogP contribution is -2.34. The Hall–Kier alpha value is -4.75. The average Bonchev–Trinajstić information content (AvgIpc) is 3.32. The molecule has 2 heterocycles. The molecule has 0 radical (unpaired) electrons. The predicted octanol–water partition coefficient (Wildman–Crippen LogP) is 5.44. The maximum Gasteiger partial charge on any atom is 0.282 e. The molecule has 0 saturated carbocycles. The van der Waals surface area contributed by atoms with Gasteiger partial charge in [-0.2, -0.15) is 5.10 Å². The summed E-state index contributed by atoms with van der Waals surface area (Å²) in [5.41, 5.74) is 3.65. The molecule has 0 aliphatic carbocycles. The Balaban J connectivity index is 1.74. The lowest BCUT2D eigenvalue weighted by Gasteiger charge is -2.22. The highest BCUT2D eigenvalue weighted by molar-refractivity contribution is 5.94. The van der Waals surface area contributed by atoms with E-state index in [4.69, 9.17) is 5.73 Å². The molecule has 2 aromatic heterocycles. The molecule has 1 unspecified atom stereocenters. The van der Waals surface area contributed by atoms with Crippen molar-refractivity contribution in [2.45, 2.75) is 31.9 Å². The Bertz CT molecular complexity index is 1570. The van der Waals surface area contributed by atoms with E-state index in [0.29, 0.717) is 16.8 Å². The number of rotatable bonds is 10. The molecule has 0 aliphatic rings. The van der Waals surface area contributed by atoms with Crippen LogP contribution in [0, 0.1) is 17.5 Å². The summed E-state index contributed by atoms with van der Waals surface area (Å²) in [6.45, 7) is -0.898. The number of hydrogen-bond donors (Lipinski definition) is 2. The Labute approximate surface area is 227 Å². The predicted molar refractivity (Wildman–Crippen MR) is 131 cm³/mol. The molecule has 14 heteroatoms. The number of primary amides is 1. The Kier molecular flexibility index (Phi) is 8.69. The Morgan fingerprint density at radius 3 is 2.27 bits per heavy atom. The monoisotopic (exact) mass is 579 g/mol. The largest absolute Gasteiger partial charge is 0.366 e. The number of nitrogens with one attached hydrogen (secondary N) is 1. The summed E-state index contributed by atoms with van der Waals surface area (Å²) in [5, 5.41) is 5.92. The summed E-state index contributed by atoms with van der Waals surface area (Å²) in [5.74, 6) is -4.72. The van der Waals surface area contributed by atoms with Crippen LogP contribution in [-0.2, 0) is 17.8 Å². The van der Waals surface area contributed by atoms with Gasteiger partial charge in [0.05, 0.1) is 17.3 Å². The van der Waals surface area contributed by atoms with Crippen LogP contribution in [0.15, 0.2) is 60.8 Å². The zero-order chi connectivity index (χ0) is 29.8. The van der Waals surface area contributed by atoms with Crippen molar-refractivity contribution in [3.8, 4) is 11.1 Å². The van der Waals surface area contributed by atoms with Crippen molar-refractivity contribution in [2.75, 3.05) is 0 Å². The number of carbonyl (C=O) groups excluding carboxylic acids is 2. The molecule has 41 heavy (non-hydrogen) atoms. The fourth-order valence-electron chi connectivity index (χ4n) is 4.24. The van der Waals surface area contributed by atoms with Crippen LogP contribution in [0.25, 0.3) is 11.1 Å². The molecule has 0 aliphatic heterocycles. The molecule has 4 aromatic rings. The van der Waals surface area contributed by atoms with Gasteiger partial charge in [-0.05, 0) is 53.9 Å². The highest BCUT2D eigenvalue weighted by atomic mass is 19.3. The topological polar surface area (TPSA) is 103 Å². The fourth-order valence-corrected chi connectivity index (χ4v) is 4.24. The van der Waals surface area contributed by atoms with E-state index in [-0.39, 0.29) is 28.8 Å². The van der Waals surface area contributed by atoms with Crippen LogP contribution >= 0.6 is 0 Å². The first-order chi connectivity index (χ1) is 19.4. The highest BCUT2D eigenvalue weighted by Crippen LogP contribution is 2.31. The third-order valence-corrected chi connectivity index (χ3v) is 5.98. The second-order valence-electron chi connectivity index (χ2n) is 8.85. The maximum absolute atomic E-state index is 14.1. The standard InChI is InChI=1S/C27H20F7N5O2/c28-15-6-13(7-16(29)10-15)8-20(37-23(40)12-39-22(26(33)34)11-21(38-39)25(31)32)24-17(2-1-5-36-24)14-3-4-19(30)18(9-14)27(35)41/h1-7,9-11,20,25-26H,8,12H2,(H2,35,41)(H,37,40). The first-order valence-corrected chi connectivity index (χ1v) is 11.9. The lowest BCUT2D eigenvalue weighted by molar-refractivity contribution is -0.122. The number of nitrogens with two attached hydrogens (primary N) is 1. The molecule has 4 rings (SSSR count).